The molecule has 0 unspecified atom stereocenters. The zero-order valence-corrected chi connectivity index (χ0v) is 18.4. The molecule has 3 aromatic rings. The summed E-state index contributed by atoms with van der Waals surface area (Å²) in [5, 5.41) is 4.49. The highest BCUT2D eigenvalue weighted by Crippen LogP contribution is 2.32. The second-order valence-electron chi connectivity index (χ2n) is 6.47. The molecule has 0 radical (unpaired) electrons. The number of nitrogens with one attached hydrogen (secondary N) is 1. The maximum atomic E-state index is 12.0. The molecule has 4 rings (SSSR count). The first-order valence-electron chi connectivity index (χ1n) is 9.02. The van der Waals surface area contributed by atoms with Crippen LogP contribution in [0.25, 0.3) is 0 Å². The molecule has 6 nitrogen and oxygen atoms in total. The number of hydrogen-bond donors (Lipinski definition) is 1. The van der Waals surface area contributed by atoms with E-state index in [9.17, 15) is 4.79 Å². The van der Waals surface area contributed by atoms with E-state index in [4.69, 9.17) is 0 Å². The Bertz CT molecular complexity index is 988. The maximum Gasteiger partial charge on any atom is 0.233 e. The summed E-state index contributed by atoms with van der Waals surface area (Å²) in [6, 6.07) is 8.05. The van der Waals surface area contributed by atoms with E-state index in [0.29, 0.717) is 35.6 Å². The number of hydrogen-bond acceptors (Lipinski definition) is 8. The van der Waals surface area contributed by atoms with Crippen LogP contribution in [0.5, 0.6) is 0 Å². The van der Waals surface area contributed by atoms with Gasteiger partial charge in [-0.1, -0.05) is 30.4 Å². The molecule has 1 N–H and O–H groups in total. The lowest BCUT2D eigenvalue weighted by Gasteiger charge is -2.07. The first-order valence-corrected chi connectivity index (χ1v) is 11.4. The van der Waals surface area contributed by atoms with E-state index in [1.165, 1.54) is 23.1 Å². The fourth-order valence-electron chi connectivity index (χ4n) is 2.60. The molecular weight excluding hydrogens is 458 g/mol. The van der Waals surface area contributed by atoms with Crippen molar-refractivity contribution in [2.45, 2.75) is 42.7 Å². The number of Topliss-reactive ketones (excluding diaryl/α,β-unsaturated/α-hetero) is 1. The Morgan fingerprint density at radius 3 is 2.68 bits per heavy atom. The molecule has 2 aromatic heterocycles. The zero-order valence-electron chi connectivity index (χ0n) is 15.2. The molecule has 0 bridgehead atoms. The lowest BCUT2D eigenvalue weighted by molar-refractivity contribution is -0.119. The second kappa shape index (κ2) is 8.67. The second-order valence-corrected chi connectivity index (χ2v) is 9.92. The van der Waals surface area contributed by atoms with Gasteiger partial charge in [-0.2, -0.15) is 9.97 Å². The van der Waals surface area contributed by atoms with E-state index in [1.807, 2.05) is 31.2 Å². The maximum absolute atomic E-state index is 12.0. The Labute approximate surface area is 179 Å². The molecule has 1 aliphatic rings. The molecule has 0 atom stereocenters. The number of halogens is 1. The van der Waals surface area contributed by atoms with Crippen molar-refractivity contribution in [1.82, 2.24) is 19.9 Å². The minimum absolute atomic E-state index is 0.302. The molecule has 0 amide bonds. The number of ketones is 1. The van der Waals surface area contributed by atoms with Crippen LogP contribution in [0.2, 0.25) is 0 Å². The van der Waals surface area contributed by atoms with Crippen LogP contribution in [0.3, 0.4) is 0 Å². The number of aromatic nitrogens is 4. The molecule has 2 heterocycles. The van der Waals surface area contributed by atoms with Gasteiger partial charge in [0, 0.05) is 23.7 Å². The average Bonchev–Trinajstić information content (AvgIpc) is 3.46. The van der Waals surface area contributed by atoms with Gasteiger partial charge in [0.25, 0.3) is 0 Å². The topological polar surface area (TPSA) is 80.7 Å². The van der Waals surface area contributed by atoms with Crippen molar-refractivity contribution >= 4 is 55.9 Å². The molecule has 9 heteroatoms. The lowest BCUT2D eigenvalue weighted by atomic mass is 10.1. The highest BCUT2D eigenvalue weighted by atomic mass is 79.9. The number of carbonyl (C=O) groups excluding carboxylic acids is 1. The quantitative estimate of drug-likeness (QED) is 0.486. The summed E-state index contributed by atoms with van der Waals surface area (Å²) in [6.07, 6.45) is 5.09. The van der Waals surface area contributed by atoms with Gasteiger partial charge in [-0.05, 0) is 58.2 Å². The van der Waals surface area contributed by atoms with E-state index < -0.39 is 0 Å². The fourth-order valence-corrected chi connectivity index (χ4v) is 4.46. The van der Waals surface area contributed by atoms with Gasteiger partial charge in [-0.3, -0.25) is 10.1 Å². The molecule has 1 fully saturated rings. The van der Waals surface area contributed by atoms with Crippen molar-refractivity contribution in [2.24, 2.45) is 5.92 Å². The summed E-state index contributed by atoms with van der Waals surface area (Å²) in [5.74, 6) is 1.87. The predicted octanol–water partition coefficient (Wildman–Crippen LogP) is 5.07. The van der Waals surface area contributed by atoms with Crippen LogP contribution in [-0.2, 0) is 17.6 Å². The van der Waals surface area contributed by atoms with Crippen LogP contribution < -0.4 is 5.32 Å². The van der Waals surface area contributed by atoms with Crippen molar-refractivity contribution in [3.05, 3.63) is 45.6 Å². The van der Waals surface area contributed by atoms with Crippen LogP contribution in [-0.4, -0.2) is 25.7 Å². The minimum Gasteiger partial charge on any atom is -0.300 e. The van der Waals surface area contributed by atoms with Crippen LogP contribution in [0.15, 0.2) is 44.3 Å². The van der Waals surface area contributed by atoms with E-state index in [-0.39, 0.29) is 0 Å². The number of aryl methyl sites for hydroxylation is 1. The van der Waals surface area contributed by atoms with E-state index in [0.717, 1.165) is 38.0 Å². The van der Waals surface area contributed by atoms with Crippen LogP contribution >= 0.6 is 39.0 Å². The number of carbonyl (C=O) groups is 1. The molecule has 1 saturated carbocycles. The summed E-state index contributed by atoms with van der Waals surface area (Å²) in [7, 11) is 0. The molecule has 1 aliphatic carbocycles. The lowest BCUT2D eigenvalue weighted by Crippen LogP contribution is -2.04. The van der Waals surface area contributed by atoms with Crippen LogP contribution in [0, 0.1) is 5.92 Å². The third-order valence-corrected chi connectivity index (χ3v) is 6.48. The Hall–Kier alpha value is -1.84. The fraction of sp³-hybridized carbons (Fsp3) is 0.316. The first kappa shape index (κ1) is 19.5. The minimum atomic E-state index is 0.302. The van der Waals surface area contributed by atoms with E-state index in [2.05, 4.69) is 41.2 Å². The third kappa shape index (κ3) is 5.15. The smallest absolute Gasteiger partial charge is 0.233 e. The Balaban J connectivity index is 1.47. The molecule has 0 aliphatic heterocycles. The summed E-state index contributed by atoms with van der Waals surface area (Å²) in [6.45, 7) is 2.01. The number of nitrogens with zero attached hydrogens (tertiary/aromatic N) is 4. The molecule has 0 spiro atoms. The Morgan fingerprint density at radius 2 is 2.04 bits per heavy atom. The highest BCUT2D eigenvalue weighted by molar-refractivity contribution is 9.11. The standard InChI is InChI=1S/C19H18BrN5OS2/c1-2-16-22-17(24-18-21-10-15(20)28-18)25-19(23-16)27-13-7-3-11(4-8-13)9-14(26)12-5-6-12/h3-4,7-8,10,12H,2,5-6,9H2,1H3,(H,21,22,23,24,25). The van der Waals surface area contributed by atoms with Crippen molar-refractivity contribution in [2.75, 3.05) is 5.32 Å². The van der Waals surface area contributed by atoms with Gasteiger partial charge < -0.3 is 0 Å². The summed E-state index contributed by atoms with van der Waals surface area (Å²) < 4.78 is 0.939. The SMILES string of the molecule is CCc1nc(Nc2ncc(Br)s2)nc(Sc2ccc(CC(=O)C3CC3)cc2)n1. The summed E-state index contributed by atoms with van der Waals surface area (Å²) in [5.41, 5.74) is 1.06. The zero-order chi connectivity index (χ0) is 19.5. The van der Waals surface area contributed by atoms with Crippen LogP contribution in [0.1, 0.15) is 31.2 Å². The van der Waals surface area contributed by atoms with Gasteiger partial charge in [0.15, 0.2) is 10.3 Å². The van der Waals surface area contributed by atoms with E-state index in [1.54, 1.807) is 6.20 Å². The van der Waals surface area contributed by atoms with Crippen LogP contribution in [0.4, 0.5) is 11.1 Å². The Kier molecular flexibility index (Phi) is 6.03. The Morgan fingerprint density at radius 1 is 1.25 bits per heavy atom. The summed E-state index contributed by atoms with van der Waals surface area (Å²) >= 11 is 6.36. The normalized spacial score (nSPS) is 13.5. The summed E-state index contributed by atoms with van der Waals surface area (Å²) in [4.78, 5) is 30.7. The van der Waals surface area contributed by atoms with Crippen molar-refractivity contribution in [1.29, 1.82) is 0 Å². The molecule has 144 valence electrons. The van der Waals surface area contributed by atoms with Gasteiger partial charge >= 0.3 is 0 Å². The predicted molar refractivity (Wildman–Crippen MR) is 114 cm³/mol. The van der Waals surface area contributed by atoms with Gasteiger partial charge in [0.1, 0.15) is 11.6 Å². The largest absolute Gasteiger partial charge is 0.300 e. The van der Waals surface area contributed by atoms with E-state index >= 15 is 0 Å². The van der Waals surface area contributed by atoms with Gasteiger partial charge in [-0.25, -0.2) is 9.97 Å². The first-order chi connectivity index (χ1) is 13.6. The van der Waals surface area contributed by atoms with Gasteiger partial charge in [0.05, 0.1) is 9.98 Å². The number of thiazole rings is 1. The third-order valence-electron chi connectivity index (χ3n) is 4.22. The number of benzene rings is 1. The molecular formula is C19H18BrN5OS2. The number of anilines is 2. The molecule has 28 heavy (non-hydrogen) atoms. The van der Waals surface area contributed by atoms with Gasteiger partial charge in [-0.15, -0.1) is 0 Å². The van der Waals surface area contributed by atoms with Crippen molar-refractivity contribution in [3.8, 4) is 0 Å². The van der Waals surface area contributed by atoms with Crippen molar-refractivity contribution < 1.29 is 4.79 Å². The molecule has 0 saturated heterocycles. The molecule has 1 aromatic carbocycles. The highest BCUT2D eigenvalue weighted by Gasteiger charge is 2.28. The van der Waals surface area contributed by atoms with Gasteiger partial charge in [0.2, 0.25) is 5.95 Å². The monoisotopic (exact) mass is 475 g/mol. The average molecular weight is 476 g/mol. The number of rotatable bonds is 8. The van der Waals surface area contributed by atoms with Crippen molar-refractivity contribution in [3.63, 3.8) is 0 Å².